The first kappa shape index (κ1) is 20.4. The van der Waals surface area contributed by atoms with Gasteiger partial charge in [-0.1, -0.05) is 6.92 Å². The molecule has 1 aliphatic heterocycles. The molecule has 1 aliphatic rings. The Balaban J connectivity index is 1.82. The highest BCUT2D eigenvalue weighted by Crippen LogP contribution is 2.32. The lowest BCUT2D eigenvalue weighted by Crippen LogP contribution is -2.39. The van der Waals surface area contributed by atoms with Gasteiger partial charge >= 0.3 is 0 Å². The summed E-state index contributed by atoms with van der Waals surface area (Å²) in [6.07, 6.45) is 2.85. The molecule has 158 valence electrons. The second-order valence-electron chi connectivity index (χ2n) is 7.39. The second-order valence-corrected chi connectivity index (χ2v) is 9.33. The van der Waals surface area contributed by atoms with Crippen LogP contribution >= 0.6 is 0 Å². The maximum Gasteiger partial charge on any atom is 0.294 e. The number of aromatic nitrogens is 2. The summed E-state index contributed by atoms with van der Waals surface area (Å²) in [5.74, 6) is -2.00. The van der Waals surface area contributed by atoms with Crippen LogP contribution in [0.15, 0.2) is 41.6 Å². The van der Waals surface area contributed by atoms with Gasteiger partial charge in [0, 0.05) is 31.3 Å². The van der Waals surface area contributed by atoms with Gasteiger partial charge in [-0.05, 0) is 30.9 Å². The number of nitro groups is 1. The van der Waals surface area contributed by atoms with Crippen LogP contribution in [0.25, 0.3) is 16.7 Å². The molecule has 1 fully saturated rings. The van der Waals surface area contributed by atoms with Crippen LogP contribution in [0.1, 0.15) is 19.8 Å². The normalized spacial score (nSPS) is 18.0. The van der Waals surface area contributed by atoms with E-state index >= 15 is 0 Å². The highest BCUT2D eigenvalue weighted by Gasteiger charge is 2.31. The van der Waals surface area contributed by atoms with E-state index in [1.165, 1.54) is 27.3 Å². The first-order chi connectivity index (χ1) is 14.2. The Hall–Kier alpha value is -2.92. The van der Waals surface area contributed by atoms with E-state index in [2.05, 4.69) is 4.98 Å². The number of benzene rings is 2. The smallest absolute Gasteiger partial charge is 0.292 e. The van der Waals surface area contributed by atoms with E-state index in [4.69, 9.17) is 0 Å². The van der Waals surface area contributed by atoms with Crippen molar-refractivity contribution >= 4 is 26.7 Å². The molecule has 0 N–H and O–H groups in total. The van der Waals surface area contributed by atoms with Gasteiger partial charge < -0.3 is 0 Å². The Morgan fingerprint density at radius 1 is 1.20 bits per heavy atom. The van der Waals surface area contributed by atoms with E-state index in [0.717, 1.165) is 31.0 Å². The summed E-state index contributed by atoms with van der Waals surface area (Å²) in [5, 5.41) is 11.7. The molecule has 4 rings (SSSR count). The van der Waals surface area contributed by atoms with Crippen molar-refractivity contribution in [3.63, 3.8) is 0 Å². The molecule has 1 saturated heterocycles. The lowest BCUT2D eigenvalue weighted by atomic mass is 10.0. The average Bonchev–Trinajstić information content (AvgIpc) is 3.10. The van der Waals surface area contributed by atoms with Gasteiger partial charge in [-0.3, -0.25) is 14.7 Å². The fourth-order valence-electron chi connectivity index (χ4n) is 3.72. The quantitative estimate of drug-likeness (QED) is 0.459. The molecule has 0 radical (unpaired) electrons. The van der Waals surface area contributed by atoms with Gasteiger partial charge in [0.2, 0.25) is 10.0 Å². The zero-order valence-corrected chi connectivity index (χ0v) is 16.8. The zero-order valence-electron chi connectivity index (χ0n) is 16.0. The van der Waals surface area contributed by atoms with Gasteiger partial charge in [0.15, 0.2) is 11.6 Å². The second kappa shape index (κ2) is 7.40. The largest absolute Gasteiger partial charge is 0.294 e. The number of imidazole rings is 1. The number of hydrogen-bond donors (Lipinski definition) is 0. The van der Waals surface area contributed by atoms with Crippen LogP contribution in [-0.4, -0.2) is 40.3 Å². The number of fused-ring (bicyclic) bond motifs is 1. The van der Waals surface area contributed by atoms with E-state index in [0.29, 0.717) is 13.1 Å². The number of nitro benzene ring substituents is 1. The maximum absolute atomic E-state index is 13.7. The molecular formula is C19H18F2N4O4S. The Morgan fingerprint density at radius 2 is 1.93 bits per heavy atom. The Labute approximate surface area is 170 Å². The number of piperidine rings is 1. The first-order valence-corrected chi connectivity index (χ1v) is 10.7. The third-order valence-electron chi connectivity index (χ3n) is 5.25. The minimum absolute atomic E-state index is 0.000490. The van der Waals surface area contributed by atoms with E-state index in [1.54, 1.807) is 0 Å². The highest BCUT2D eigenvalue weighted by molar-refractivity contribution is 7.89. The topological polar surface area (TPSA) is 98.3 Å². The van der Waals surface area contributed by atoms with Crippen molar-refractivity contribution in [2.75, 3.05) is 13.1 Å². The summed E-state index contributed by atoms with van der Waals surface area (Å²) in [6.45, 7) is 2.67. The van der Waals surface area contributed by atoms with Crippen LogP contribution in [0.3, 0.4) is 0 Å². The van der Waals surface area contributed by atoms with Crippen molar-refractivity contribution in [3.8, 4) is 5.69 Å². The molecule has 2 aromatic carbocycles. The van der Waals surface area contributed by atoms with Crippen molar-refractivity contribution in [3.05, 3.63) is 58.4 Å². The highest BCUT2D eigenvalue weighted by atomic mass is 32.2. The Morgan fingerprint density at radius 3 is 2.63 bits per heavy atom. The van der Waals surface area contributed by atoms with Crippen LogP contribution in [-0.2, 0) is 10.0 Å². The maximum atomic E-state index is 13.7. The Bertz CT molecular complexity index is 1260. The molecule has 8 nitrogen and oxygen atoms in total. The lowest BCUT2D eigenvalue weighted by Gasteiger charge is -2.30. The van der Waals surface area contributed by atoms with Crippen LogP contribution in [0.4, 0.5) is 14.5 Å². The van der Waals surface area contributed by atoms with Crippen molar-refractivity contribution in [2.45, 2.75) is 24.7 Å². The fourth-order valence-corrected chi connectivity index (χ4v) is 5.34. The number of halogens is 2. The lowest BCUT2D eigenvalue weighted by molar-refractivity contribution is -0.384. The molecule has 1 aromatic heterocycles. The SMILES string of the molecule is C[C@@H]1CCCN(S(=O)(=O)c2ccc(-n3cnc4cc(F)c(F)cc43)c([N+](=O)[O-])c2)C1. The van der Waals surface area contributed by atoms with E-state index in [9.17, 15) is 27.3 Å². The minimum atomic E-state index is -3.90. The number of rotatable bonds is 4. The first-order valence-electron chi connectivity index (χ1n) is 9.29. The van der Waals surface area contributed by atoms with E-state index < -0.39 is 32.3 Å². The van der Waals surface area contributed by atoms with Crippen molar-refractivity contribution in [1.29, 1.82) is 0 Å². The summed E-state index contributed by atoms with van der Waals surface area (Å²) in [6, 6.07) is 5.34. The van der Waals surface area contributed by atoms with Crippen LogP contribution in [0.5, 0.6) is 0 Å². The monoisotopic (exact) mass is 436 g/mol. The zero-order chi connectivity index (χ0) is 21.6. The van der Waals surface area contributed by atoms with E-state index in [1.807, 2.05) is 6.92 Å². The Kier molecular flexibility index (Phi) is 5.02. The molecule has 3 aromatic rings. The molecule has 0 spiro atoms. The summed E-state index contributed by atoms with van der Waals surface area (Å²) >= 11 is 0. The van der Waals surface area contributed by atoms with Gasteiger partial charge in [-0.15, -0.1) is 0 Å². The molecule has 0 aliphatic carbocycles. The predicted octanol–water partition coefficient (Wildman–Crippen LogP) is 3.63. The molecule has 11 heteroatoms. The number of hydrogen-bond acceptors (Lipinski definition) is 5. The molecule has 1 atom stereocenters. The van der Waals surface area contributed by atoms with Gasteiger partial charge in [-0.25, -0.2) is 22.2 Å². The summed E-state index contributed by atoms with van der Waals surface area (Å²) in [4.78, 5) is 14.8. The molecule has 0 unspecified atom stereocenters. The standard InChI is InChI=1S/C19H18F2N4O4S/c1-12-3-2-6-23(10-12)30(28,29)13-4-5-17(19(7-13)25(26)27)24-11-22-16-8-14(20)15(21)9-18(16)24/h4-5,7-9,11-12H,2-3,6,10H2,1H3/t12-/m1/s1. The van der Waals surface area contributed by atoms with Crippen molar-refractivity contribution in [1.82, 2.24) is 13.9 Å². The number of sulfonamides is 1. The van der Waals surface area contributed by atoms with Crippen molar-refractivity contribution in [2.24, 2.45) is 5.92 Å². The molecule has 30 heavy (non-hydrogen) atoms. The molecule has 0 amide bonds. The van der Waals surface area contributed by atoms with Gasteiger partial charge in [0.25, 0.3) is 5.69 Å². The summed E-state index contributed by atoms with van der Waals surface area (Å²) in [7, 11) is -3.90. The van der Waals surface area contributed by atoms with Gasteiger partial charge in [0.05, 0.1) is 20.9 Å². The van der Waals surface area contributed by atoms with Crippen LogP contribution in [0.2, 0.25) is 0 Å². The van der Waals surface area contributed by atoms with Crippen LogP contribution < -0.4 is 0 Å². The average molecular weight is 436 g/mol. The molecule has 0 saturated carbocycles. The minimum Gasteiger partial charge on any atom is -0.292 e. The van der Waals surface area contributed by atoms with Crippen LogP contribution in [0, 0.1) is 27.7 Å². The summed E-state index contributed by atoms with van der Waals surface area (Å²) in [5.41, 5.74) is -0.246. The number of nitrogens with zero attached hydrogens (tertiary/aromatic N) is 4. The van der Waals surface area contributed by atoms with E-state index in [-0.39, 0.29) is 27.5 Å². The molecule has 0 bridgehead atoms. The third-order valence-corrected chi connectivity index (χ3v) is 7.11. The third kappa shape index (κ3) is 3.43. The molecule has 2 heterocycles. The van der Waals surface area contributed by atoms with Crippen molar-refractivity contribution < 1.29 is 22.1 Å². The summed E-state index contributed by atoms with van der Waals surface area (Å²) < 4.78 is 55.7. The van der Waals surface area contributed by atoms with Gasteiger partial charge in [-0.2, -0.15) is 4.31 Å². The predicted molar refractivity (Wildman–Crippen MR) is 105 cm³/mol. The fraction of sp³-hybridized carbons (Fsp3) is 0.316. The molecular weight excluding hydrogens is 418 g/mol. The van der Waals surface area contributed by atoms with Gasteiger partial charge in [0.1, 0.15) is 12.0 Å².